The van der Waals surface area contributed by atoms with Gasteiger partial charge in [0.05, 0.1) is 18.3 Å². The molecular weight excluding hydrogens is 430 g/mol. The minimum Gasteiger partial charge on any atom is -0.349 e. The van der Waals surface area contributed by atoms with Gasteiger partial charge in [0, 0.05) is 5.69 Å². The highest BCUT2D eigenvalue weighted by Gasteiger charge is 2.20. The Kier molecular flexibility index (Phi) is 7.83. The van der Waals surface area contributed by atoms with Gasteiger partial charge in [0.15, 0.2) is 11.0 Å². The number of para-hydroxylation sites is 1. The van der Waals surface area contributed by atoms with Crippen molar-refractivity contribution in [2.45, 2.75) is 57.8 Å². The number of nitrogens with one attached hydrogen (secondary N) is 1. The van der Waals surface area contributed by atoms with Crippen LogP contribution in [-0.2, 0) is 11.3 Å². The Morgan fingerprint density at radius 3 is 2.52 bits per heavy atom. The first kappa shape index (κ1) is 23.5. The molecule has 0 bridgehead atoms. The van der Waals surface area contributed by atoms with Crippen molar-refractivity contribution in [3.8, 4) is 5.69 Å². The van der Waals surface area contributed by atoms with Gasteiger partial charge in [0.25, 0.3) is 0 Å². The number of amides is 1. The van der Waals surface area contributed by atoms with E-state index in [2.05, 4.69) is 69.2 Å². The van der Waals surface area contributed by atoms with Gasteiger partial charge in [0.1, 0.15) is 0 Å². The van der Waals surface area contributed by atoms with Gasteiger partial charge in [-0.15, -0.1) is 10.2 Å². The topological polar surface area (TPSA) is 63.1 Å². The molecule has 0 aliphatic carbocycles. The average molecular weight is 464 g/mol. The fourth-order valence-corrected chi connectivity index (χ4v) is 4.96. The molecule has 0 radical (unpaired) electrons. The maximum atomic E-state index is 12.7. The first-order valence-corrected chi connectivity index (χ1v) is 12.7. The molecule has 2 heterocycles. The first-order valence-electron chi connectivity index (χ1n) is 11.7. The van der Waals surface area contributed by atoms with Crippen LogP contribution in [0.3, 0.4) is 0 Å². The van der Waals surface area contributed by atoms with E-state index < -0.39 is 0 Å². The highest BCUT2D eigenvalue weighted by atomic mass is 32.2. The van der Waals surface area contributed by atoms with Crippen LogP contribution < -0.4 is 5.32 Å². The van der Waals surface area contributed by atoms with Crippen LogP contribution in [0.2, 0.25) is 0 Å². The van der Waals surface area contributed by atoms with Crippen molar-refractivity contribution in [3.05, 3.63) is 71.0 Å². The van der Waals surface area contributed by atoms with Gasteiger partial charge in [0.2, 0.25) is 5.91 Å². The zero-order chi connectivity index (χ0) is 23.2. The molecule has 1 N–H and O–H groups in total. The Morgan fingerprint density at radius 1 is 1.03 bits per heavy atom. The highest BCUT2D eigenvalue weighted by molar-refractivity contribution is 7.99. The molecule has 174 valence electrons. The van der Waals surface area contributed by atoms with E-state index in [4.69, 9.17) is 0 Å². The number of hydrogen-bond acceptors (Lipinski definition) is 5. The normalized spacial score (nSPS) is 15.4. The summed E-state index contributed by atoms with van der Waals surface area (Å²) >= 11 is 1.43. The maximum Gasteiger partial charge on any atom is 0.230 e. The standard InChI is InChI=1S/C26H33N5OS/c1-19-12-13-22(16-20(19)2)21(3)27-25(32)18-33-26-29-28-24(17-30-14-8-5-9-15-30)31(26)23-10-6-4-7-11-23/h4,6-7,10-13,16,21H,5,8-9,14-15,17-18H2,1-3H3,(H,27,32). The maximum absolute atomic E-state index is 12.7. The second-order valence-corrected chi connectivity index (χ2v) is 9.77. The van der Waals surface area contributed by atoms with E-state index in [-0.39, 0.29) is 11.9 Å². The highest BCUT2D eigenvalue weighted by Crippen LogP contribution is 2.24. The third kappa shape index (κ3) is 6.03. The average Bonchev–Trinajstić information content (AvgIpc) is 3.23. The molecule has 4 rings (SSSR count). The SMILES string of the molecule is Cc1ccc(C(C)NC(=O)CSc2nnc(CN3CCCCC3)n2-c2ccccc2)cc1C. The first-order chi connectivity index (χ1) is 16.0. The number of benzene rings is 2. The van der Waals surface area contributed by atoms with Crippen LogP contribution in [0.4, 0.5) is 0 Å². The monoisotopic (exact) mass is 463 g/mol. The molecule has 1 atom stereocenters. The van der Waals surface area contributed by atoms with E-state index in [1.165, 1.54) is 42.2 Å². The molecule has 1 aromatic heterocycles. The van der Waals surface area contributed by atoms with E-state index in [0.29, 0.717) is 5.75 Å². The lowest BCUT2D eigenvalue weighted by molar-refractivity contribution is -0.119. The van der Waals surface area contributed by atoms with Crippen LogP contribution in [0.25, 0.3) is 5.69 Å². The molecule has 3 aromatic rings. The predicted octanol–water partition coefficient (Wildman–Crippen LogP) is 4.84. The molecule has 0 spiro atoms. The van der Waals surface area contributed by atoms with Crippen molar-refractivity contribution in [1.29, 1.82) is 0 Å². The number of aromatic nitrogens is 3. The molecule has 6 nitrogen and oxygen atoms in total. The summed E-state index contributed by atoms with van der Waals surface area (Å²) in [5.74, 6) is 1.21. The predicted molar refractivity (Wildman–Crippen MR) is 134 cm³/mol. The zero-order valence-electron chi connectivity index (χ0n) is 19.8. The van der Waals surface area contributed by atoms with Crippen molar-refractivity contribution in [2.75, 3.05) is 18.8 Å². The summed E-state index contributed by atoms with van der Waals surface area (Å²) in [5.41, 5.74) is 4.64. The number of thioether (sulfide) groups is 1. The number of rotatable bonds is 8. The molecule has 1 fully saturated rings. The number of carbonyl (C=O) groups excluding carboxylic acids is 1. The Balaban J connectivity index is 1.44. The lowest BCUT2D eigenvalue weighted by Gasteiger charge is -2.26. The number of nitrogens with zero attached hydrogens (tertiary/aromatic N) is 4. The second-order valence-electron chi connectivity index (χ2n) is 8.83. The van der Waals surface area contributed by atoms with Gasteiger partial charge >= 0.3 is 0 Å². The van der Waals surface area contributed by atoms with Gasteiger partial charge in [-0.05, 0) is 75.5 Å². The summed E-state index contributed by atoms with van der Waals surface area (Å²) in [4.78, 5) is 15.2. The number of aryl methyl sites for hydroxylation is 2. The van der Waals surface area contributed by atoms with E-state index in [9.17, 15) is 4.79 Å². The Labute approximate surface area is 200 Å². The fraction of sp³-hybridized carbons (Fsp3) is 0.423. The van der Waals surface area contributed by atoms with E-state index in [1.54, 1.807) is 0 Å². The lowest BCUT2D eigenvalue weighted by atomic mass is 10.0. The lowest BCUT2D eigenvalue weighted by Crippen LogP contribution is -2.30. The molecule has 1 aliphatic rings. The van der Waals surface area contributed by atoms with E-state index in [0.717, 1.165) is 41.9 Å². The quantitative estimate of drug-likeness (QED) is 0.484. The Bertz CT molecular complexity index is 1080. The molecule has 1 unspecified atom stereocenters. The fourth-order valence-electron chi connectivity index (χ4n) is 4.18. The van der Waals surface area contributed by atoms with Crippen LogP contribution >= 0.6 is 11.8 Å². The Morgan fingerprint density at radius 2 is 1.79 bits per heavy atom. The minimum atomic E-state index is -0.0425. The van der Waals surface area contributed by atoms with Gasteiger partial charge < -0.3 is 5.32 Å². The van der Waals surface area contributed by atoms with Gasteiger partial charge in [-0.25, -0.2) is 0 Å². The van der Waals surface area contributed by atoms with Crippen LogP contribution in [0.1, 0.15) is 54.7 Å². The summed E-state index contributed by atoms with van der Waals surface area (Å²) in [6.07, 6.45) is 3.78. The van der Waals surface area contributed by atoms with E-state index in [1.807, 2.05) is 25.1 Å². The molecular formula is C26H33N5OS. The Hall–Kier alpha value is -2.64. The van der Waals surface area contributed by atoms with Gasteiger partial charge in [-0.2, -0.15) is 0 Å². The minimum absolute atomic E-state index is 0.00841. The van der Waals surface area contributed by atoms with Crippen LogP contribution in [0, 0.1) is 13.8 Å². The largest absolute Gasteiger partial charge is 0.349 e. The van der Waals surface area contributed by atoms with Crippen molar-refractivity contribution < 1.29 is 4.79 Å². The van der Waals surface area contributed by atoms with Crippen molar-refractivity contribution >= 4 is 17.7 Å². The van der Waals surface area contributed by atoms with Crippen molar-refractivity contribution in [2.24, 2.45) is 0 Å². The summed E-state index contributed by atoms with van der Waals surface area (Å²) in [5, 5.41) is 12.8. The molecule has 33 heavy (non-hydrogen) atoms. The summed E-state index contributed by atoms with van der Waals surface area (Å²) in [6.45, 7) is 9.20. The number of piperidine rings is 1. The van der Waals surface area contributed by atoms with Crippen LogP contribution in [0.5, 0.6) is 0 Å². The molecule has 1 amide bonds. The van der Waals surface area contributed by atoms with E-state index >= 15 is 0 Å². The van der Waals surface area contributed by atoms with Crippen molar-refractivity contribution in [1.82, 2.24) is 25.0 Å². The molecule has 2 aromatic carbocycles. The molecule has 1 saturated heterocycles. The van der Waals surface area contributed by atoms with Crippen LogP contribution in [-0.4, -0.2) is 44.4 Å². The third-order valence-electron chi connectivity index (χ3n) is 6.27. The van der Waals surface area contributed by atoms with Crippen LogP contribution in [0.15, 0.2) is 53.7 Å². The number of carbonyl (C=O) groups is 1. The molecule has 0 saturated carbocycles. The van der Waals surface area contributed by atoms with Gasteiger partial charge in [-0.1, -0.05) is 54.6 Å². The smallest absolute Gasteiger partial charge is 0.230 e. The number of likely N-dealkylation sites (tertiary alicyclic amines) is 1. The van der Waals surface area contributed by atoms with Crippen molar-refractivity contribution in [3.63, 3.8) is 0 Å². The molecule has 7 heteroatoms. The molecule has 1 aliphatic heterocycles. The summed E-state index contributed by atoms with van der Waals surface area (Å²) in [7, 11) is 0. The second kappa shape index (κ2) is 11.0. The van der Waals surface area contributed by atoms with Gasteiger partial charge in [-0.3, -0.25) is 14.3 Å². The summed E-state index contributed by atoms with van der Waals surface area (Å²) < 4.78 is 2.10. The number of hydrogen-bond donors (Lipinski definition) is 1. The third-order valence-corrected chi connectivity index (χ3v) is 7.20. The summed E-state index contributed by atoms with van der Waals surface area (Å²) in [6, 6.07) is 16.5. The zero-order valence-corrected chi connectivity index (χ0v) is 20.6.